The number of hydrogen-bond acceptors (Lipinski definition) is 3. The minimum Gasteiger partial charge on any atom is -0.486 e. The van der Waals surface area contributed by atoms with E-state index in [-0.39, 0.29) is 0 Å². The van der Waals surface area contributed by atoms with E-state index >= 15 is 0 Å². The van der Waals surface area contributed by atoms with Crippen LogP contribution in [-0.4, -0.2) is 15.1 Å². The Morgan fingerprint density at radius 3 is 2.47 bits per heavy atom. The van der Waals surface area contributed by atoms with Crippen molar-refractivity contribution in [3.8, 4) is 16.9 Å². The van der Waals surface area contributed by atoms with Crippen molar-refractivity contribution in [2.75, 3.05) is 10.6 Å². The first-order valence-corrected chi connectivity index (χ1v) is 11.5. The van der Waals surface area contributed by atoms with Crippen LogP contribution in [0.2, 0.25) is 5.02 Å². The molecule has 0 amide bonds. The van der Waals surface area contributed by atoms with E-state index in [1.165, 1.54) is 0 Å². The maximum absolute atomic E-state index is 6.03. The molecule has 5 rings (SSSR count). The summed E-state index contributed by atoms with van der Waals surface area (Å²) in [6.45, 7) is 0.329. The summed E-state index contributed by atoms with van der Waals surface area (Å²) in [7, 11) is 0. The summed E-state index contributed by atoms with van der Waals surface area (Å²) in [5, 5.41) is 7.71. The topological polar surface area (TPSA) is 62.0 Å². The molecule has 0 unspecified atom stereocenters. The van der Waals surface area contributed by atoms with Crippen LogP contribution in [0, 0.1) is 0 Å². The van der Waals surface area contributed by atoms with Crippen molar-refractivity contribution in [1.29, 1.82) is 0 Å². The molecule has 0 spiro atoms. The average Bonchev–Trinajstić information content (AvgIpc) is 3.26. The SMILES string of the molecule is S=C(Nc1ccc(OCc2nc3ccc(Cl)cc3[nH]2)cc1)Nc1ccccc1-c1ccccc1. The number of fused-ring (bicyclic) bond motifs is 1. The van der Waals surface area contributed by atoms with Crippen LogP contribution in [0.3, 0.4) is 0 Å². The Bertz CT molecular complexity index is 1430. The van der Waals surface area contributed by atoms with Crippen molar-refractivity contribution in [2.24, 2.45) is 0 Å². The quantitative estimate of drug-likeness (QED) is 0.221. The van der Waals surface area contributed by atoms with Gasteiger partial charge in [-0.1, -0.05) is 60.1 Å². The number of nitrogens with one attached hydrogen (secondary N) is 3. The molecule has 1 heterocycles. The monoisotopic (exact) mass is 484 g/mol. The molecule has 0 bridgehead atoms. The number of hydrogen-bond donors (Lipinski definition) is 3. The van der Waals surface area contributed by atoms with Gasteiger partial charge in [0, 0.05) is 22.0 Å². The van der Waals surface area contributed by atoms with Gasteiger partial charge >= 0.3 is 0 Å². The van der Waals surface area contributed by atoms with Crippen LogP contribution >= 0.6 is 23.8 Å². The lowest BCUT2D eigenvalue weighted by Gasteiger charge is -2.14. The van der Waals surface area contributed by atoms with E-state index in [4.69, 9.17) is 28.6 Å². The van der Waals surface area contributed by atoms with Crippen LogP contribution in [0.25, 0.3) is 22.2 Å². The maximum Gasteiger partial charge on any atom is 0.175 e. The highest BCUT2D eigenvalue weighted by molar-refractivity contribution is 7.80. The minimum atomic E-state index is 0.329. The number of imidazole rings is 1. The van der Waals surface area contributed by atoms with E-state index in [0.717, 1.165) is 45.1 Å². The van der Waals surface area contributed by atoms with E-state index < -0.39 is 0 Å². The number of H-pyrrole nitrogens is 1. The smallest absolute Gasteiger partial charge is 0.175 e. The van der Waals surface area contributed by atoms with Gasteiger partial charge < -0.3 is 20.4 Å². The van der Waals surface area contributed by atoms with Crippen molar-refractivity contribution in [3.63, 3.8) is 0 Å². The number of para-hydroxylation sites is 1. The first-order chi connectivity index (χ1) is 16.6. The molecular formula is C27H21ClN4OS. The number of nitrogens with zero attached hydrogens (tertiary/aromatic N) is 1. The van der Waals surface area contributed by atoms with Crippen LogP contribution in [0.1, 0.15) is 5.82 Å². The average molecular weight is 485 g/mol. The molecule has 3 N–H and O–H groups in total. The van der Waals surface area contributed by atoms with Gasteiger partial charge in [0.05, 0.1) is 11.0 Å². The van der Waals surface area contributed by atoms with Crippen LogP contribution in [-0.2, 0) is 6.61 Å². The molecule has 0 saturated carbocycles. The van der Waals surface area contributed by atoms with Crippen LogP contribution in [0.5, 0.6) is 5.75 Å². The maximum atomic E-state index is 6.03. The number of ether oxygens (including phenoxy) is 1. The molecule has 0 saturated heterocycles. The lowest BCUT2D eigenvalue weighted by molar-refractivity contribution is 0.297. The van der Waals surface area contributed by atoms with Gasteiger partial charge in [-0.15, -0.1) is 0 Å². The number of rotatable bonds is 6. The van der Waals surface area contributed by atoms with Gasteiger partial charge in [-0.3, -0.25) is 0 Å². The van der Waals surface area contributed by atoms with Crippen LogP contribution in [0.4, 0.5) is 11.4 Å². The molecule has 0 aliphatic rings. The molecule has 4 aromatic carbocycles. The summed E-state index contributed by atoms with van der Waals surface area (Å²) in [6, 6.07) is 31.5. The molecule has 7 heteroatoms. The van der Waals surface area contributed by atoms with E-state index in [2.05, 4.69) is 38.8 Å². The van der Waals surface area contributed by atoms with E-state index in [1.807, 2.05) is 78.9 Å². The molecule has 0 aliphatic carbocycles. The van der Waals surface area contributed by atoms with E-state index in [0.29, 0.717) is 16.7 Å². The number of halogens is 1. The normalized spacial score (nSPS) is 10.7. The summed E-state index contributed by atoms with van der Waals surface area (Å²) in [6.07, 6.45) is 0. The van der Waals surface area contributed by atoms with Gasteiger partial charge in [0.2, 0.25) is 0 Å². The van der Waals surface area contributed by atoms with Crippen LogP contribution < -0.4 is 15.4 Å². The number of benzene rings is 4. The molecule has 0 atom stereocenters. The lowest BCUT2D eigenvalue weighted by atomic mass is 10.0. The zero-order chi connectivity index (χ0) is 23.3. The minimum absolute atomic E-state index is 0.329. The number of anilines is 2. The summed E-state index contributed by atoms with van der Waals surface area (Å²) in [4.78, 5) is 7.74. The first kappa shape index (κ1) is 21.9. The first-order valence-electron chi connectivity index (χ1n) is 10.7. The van der Waals surface area contributed by atoms with Crippen molar-refractivity contribution in [1.82, 2.24) is 9.97 Å². The Balaban J connectivity index is 1.19. The Morgan fingerprint density at radius 2 is 1.65 bits per heavy atom. The highest BCUT2D eigenvalue weighted by Gasteiger charge is 2.07. The second-order valence-corrected chi connectivity index (χ2v) is 8.49. The van der Waals surface area contributed by atoms with Gasteiger partial charge in [-0.25, -0.2) is 4.98 Å². The van der Waals surface area contributed by atoms with Crippen molar-refractivity contribution < 1.29 is 4.74 Å². The van der Waals surface area contributed by atoms with Gasteiger partial charge in [0.25, 0.3) is 0 Å². The molecular weight excluding hydrogens is 464 g/mol. The third kappa shape index (κ3) is 5.20. The summed E-state index contributed by atoms with van der Waals surface area (Å²) in [5.74, 6) is 1.47. The number of aromatic amines is 1. The second kappa shape index (κ2) is 9.95. The fraction of sp³-hybridized carbons (Fsp3) is 0.0370. The zero-order valence-electron chi connectivity index (χ0n) is 18.1. The van der Waals surface area contributed by atoms with Gasteiger partial charge in [0.1, 0.15) is 18.2 Å². The molecule has 0 aliphatic heterocycles. The summed E-state index contributed by atoms with van der Waals surface area (Å²) < 4.78 is 5.87. The molecule has 5 aromatic rings. The zero-order valence-corrected chi connectivity index (χ0v) is 19.7. The van der Waals surface area contributed by atoms with Crippen LogP contribution in [0.15, 0.2) is 97.1 Å². The lowest BCUT2D eigenvalue weighted by Crippen LogP contribution is -2.19. The van der Waals surface area contributed by atoms with Crippen molar-refractivity contribution in [3.05, 3.63) is 108 Å². The fourth-order valence-corrected chi connectivity index (χ4v) is 4.04. The highest BCUT2D eigenvalue weighted by Crippen LogP contribution is 2.28. The fourth-order valence-electron chi connectivity index (χ4n) is 3.64. The molecule has 0 radical (unpaired) electrons. The number of aromatic nitrogens is 2. The Labute approximate surface area is 207 Å². The summed E-state index contributed by atoms with van der Waals surface area (Å²) >= 11 is 11.6. The van der Waals surface area contributed by atoms with E-state index in [1.54, 1.807) is 0 Å². The Hall–Kier alpha value is -3.87. The van der Waals surface area contributed by atoms with Gasteiger partial charge in [-0.05, 0) is 66.3 Å². The highest BCUT2D eigenvalue weighted by atomic mass is 35.5. The third-order valence-corrected chi connectivity index (χ3v) is 5.68. The molecule has 34 heavy (non-hydrogen) atoms. The van der Waals surface area contributed by atoms with E-state index in [9.17, 15) is 0 Å². The second-order valence-electron chi connectivity index (χ2n) is 7.65. The predicted octanol–water partition coefficient (Wildman–Crippen LogP) is 7.27. The molecule has 1 aromatic heterocycles. The Morgan fingerprint density at radius 1 is 0.882 bits per heavy atom. The predicted molar refractivity (Wildman–Crippen MR) is 144 cm³/mol. The largest absolute Gasteiger partial charge is 0.486 e. The van der Waals surface area contributed by atoms with Gasteiger partial charge in [0.15, 0.2) is 5.11 Å². The van der Waals surface area contributed by atoms with Gasteiger partial charge in [-0.2, -0.15) is 0 Å². The Kier molecular flexibility index (Phi) is 6.42. The standard InChI is InChI=1S/C27H21ClN4OS/c28-19-10-15-24-25(16-19)31-26(30-24)17-33-21-13-11-20(12-14-21)29-27(34)32-23-9-5-4-8-22(23)18-6-2-1-3-7-18/h1-16H,17H2,(H,30,31)(H2,29,32,34). The molecule has 5 nitrogen and oxygen atoms in total. The number of thiocarbonyl (C=S) groups is 1. The molecule has 0 fully saturated rings. The van der Waals surface area contributed by atoms with Crippen molar-refractivity contribution >= 4 is 51.3 Å². The third-order valence-electron chi connectivity index (χ3n) is 5.24. The molecule has 168 valence electrons. The summed E-state index contributed by atoms with van der Waals surface area (Å²) in [5.41, 5.74) is 5.77. The van der Waals surface area contributed by atoms with Crippen molar-refractivity contribution in [2.45, 2.75) is 6.61 Å².